The first-order chi connectivity index (χ1) is 9.24. The van der Waals surface area contributed by atoms with Crippen LogP contribution in [0.2, 0.25) is 0 Å². The normalized spacial score (nSPS) is 18.8. The second-order valence-electron chi connectivity index (χ2n) is 5.18. The van der Waals surface area contributed by atoms with Gasteiger partial charge in [-0.05, 0) is 55.2 Å². The Balaban J connectivity index is 1.70. The summed E-state index contributed by atoms with van der Waals surface area (Å²) in [5.41, 5.74) is 1.30. The van der Waals surface area contributed by atoms with Gasteiger partial charge in [0.2, 0.25) is 5.91 Å². The van der Waals surface area contributed by atoms with Gasteiger partial charge in [-0.1, -0.05) is 0 Å². The molecule has 2 heterocycles. The summed E-state index contributed by atoms with van der Waals surface area (Å²) in [6, 6.07) is 2.32. The van der Waals surface area contributed by atoms with Gasteiger partial charge in [-0.3, -0.25) is 9.69 Å². The molecule has 1 fully saturated rings. The molecule has 4 nitrogen and oxygen atoms in total. The Kier molecular flexibility index (Phi) is 5.82. The minimum absolute atomic E-state index is 0.143. The molecule has 0 aromatic carbocycles. The van der Waals surface area contributed by atoms with E-state index in [2.05, 4.69) is 39.3 Å². The number of hydrogen-bond acceptors (Lipinski definition) is 4. The number of rotatable bonds is 5. The molecule has 0 saturated carbocycles. The van der Waals surface area contributed by atoms with Gasteiger partial charge in [0, 0.05) is 19.1 Å². The molecule has 1 amide bonds. The van der Waals surface area contributed by atoms with Crippen molar-refractivity contribution in [2.75, 3.05) is 32.7 Å². The summed E-state index contributed by atoms with van der Waals surface area (Å²) in [5, 5.41) is 10.7. The maximum absolute atomic E-state index is 12.0. The quantitative estimate of drug-likeness (QED) is 0.849. The molecule has 0 spiro atoms. The molecule has 0 aliphatic carbocycles. The van der Waals surface area contributed by atoms with E-state index in [4.69, 9.17) is 0 Å². The van der Waals surface area contributed by atoms with Crippen molar-refractivity contribution in [3.63, 3.8) is 0 Å². The van der Waals surface area contributed by atoms with Gasteiger partial charge >= 0.3 is 0 Å². The Hall–Kier alpha value is -0.910. The van der Waals surface area contributed by atoms with Crippen LogP contribution < -0.4 is 10.6 Å². The lowest BCUT2D eigenvalue weighted by molar-refractivity contribution is -0.122. The molecule has 1 aromatic rings. The topological polar surface area (TPSA) is 44.4 Å². The molecule has 1 aliphatic heterocycles. The highest BCUT2D eigenvalue weighted by Crippen LogP contribution is 2.08. The van der Waals surface area contributed by atoms with E-state index in [1.54, 1.807) is 11.3 Å². The van der Waals surface area contributed by atoms with Gasteiger partial charge in [-0.15, -0.1) is 0 Å². The van der Waals surface area contributed by atoms with Gasteiger partial charge in [0.25, 0.3) is 0 Å². The van der Waals surface area contributed by atoms with E-state index in [0.717, 1.165) is 39.0 Å². The molecular weight excluding hydrogens is 258 g/mol. The lowest BCUT2D eigenvalue weighted by Crippen LogP contribution is -2.42. The van der Waals surface area contributed by atoms with Crippen molar-refractivity contribution < 1.29 is 4.79 Å². The van der Waals surface area contributed by atoms with Gasteiger partial charge in [0.05, 0.1) is 6.54 Å². The predicted octanol–water partition coefficient (Wildman–Crippen LogP) is 1.09. The third kappa shape index (κ3) is 5.30. The average Bonchev–Trinajstić information content (AvgIpc) is 2.72. The van der Waals surface area contributed by atoms with Crippen LogP contribution in [0.1, 0.15) is 18.9 Å². The van der Waals surface area contributed by atoms with Crippen LogP contribution in [-0.4, -0.2) is 49.6 Å². The highest BCUT2D eigenvalue weighted by molar-refractivity contribution is 7.07. The predicted molar refractivity (Wildman–Crippen MR) is 79.6 cm³/mol. The second kappa shape index (κ2) is 7.62. The Bertz CT molecular complexity index is 372. The van der Waals surface area contributed by atoms with Gasteiger partial charge < -0.3 is 10.6 Å². The molecule has 0 bridgehead atoms. The summed E-state index contributed by atoms with van der Waals surface area (Å²) < 4.78 is 0. The number of carbonyl (C=O) groups excluding carboxylic acids is 1. The first kappa shape index (κ1) is 14.5. The summed E-state index contributed by atoms with van der Waals surface area (Å²) in [5.74, 6) is 0.143. The van der Waals surface area contributed by atoms with Crippen LogP contribution in [-0.2, 0) is 11.2 Å². The van der Waals surface area contributed by atoms with Crippen LogP contribution in [0.25, 0.3) is 0 Å². The van der Waals surface area contributed by atoms with Crippen LogP contribution in [0.3, 0.4) is 0 Å². The van der Waals surface area contributed by atoms with E-state index >= 15 is 0 Å². The van der Waals surface area contributed by atoms with E-state index < -0.39 is 0 Å². The van der Waals surface area contributed by atoms with Crippen LogP contribution >= 0.6 is 11.3 Å². The molecule has 2 N–H and O–H groups in total. The standard InChI is InChI=1S/C14H23N3OS/c1-12(9-13-3-8-19-11-13)16-14(18)10-17-6-2-4-15-5-7-17/h3,8,11-12,15H,2,4-7,9-10H2,1H3,(H,16,18). The van der Waals surface area contributed by atoms with Gasteiger partial charge in [-0.25, -0.2) is 0 Å². The monoisotopic (exact) mass is 281 g/mol. The van der Waals surface area contributed by atoms with Crippen molar-refractivity contribution in [2.24, 2.45) is 0 Å². The molecule has 19 heavy (non-hydrogen) atoms. The Morgan fingerprint density at radius 3 is 3.21 bits per heavy atom. The summed E-state index contributed by atoms with van der Waals surface area (Å²) >= 11 is 1.70. The minimum atomic E-state index is 0.143. The van der Waals surface area contributed by atoms with E-state index in [1.807, 2.05) is 0 Å². The van der Waals surface area contributed by atoms with Crippen molar-refractivity contribution >= 4 is 17.2 Å². The number of thiophene rings is 1. The highest BCUT2D eigenvalue weighted by Gasteiger charge is 2.14. The maximum Gasteiger partial charge on any atom is 0.234 e. The van der Waals surface area contributed by atoms with Crippen LogP contribution in [0, 0.1) is 0 Å². The number of hydrogen-bond donors (Lipinski definition) is 2. The minimum Gasteiger partial charge on any atom is -0.352 e. The second-order valence-corrected chi connectivity index (χ2v) is 5.96. The van der Waals surface area contributed by atoms with E-state index in [0.29, 0.717) is 6.54 Å². The fraction of sp³-hybridized carbons (Fsp3) is 0.643. The zero-order valence-corrected chi connectivity index (χ0v) is 12.3. The summed E-state index contributed by atoms with van der Waals surface area (Å²) in [6.45, 7) is 6.62. The van der Waals surface area contributed by atoms with E-state index in [1.165, 1.54) is 5.56 Å². The largest absolute Gasteiger partial charge is 0.352 e. The fourth-order valence-electron chi connectivity index (χ4n) is 2.40. The molecule has 1 aromatic heterocycles. The Morgan fingerprint density at radius 1 is 1.53 bits per heavy atom. The maximum atomic E-state index is 12.0. The molecule has 1 unspecified atom stereocenters. The van der Waals surface area contributed by atoms with E-state index in [9.17, 15) is 4.79 Å². The molecule has 106 valence electrons. The van der Waals surface area contributed by atoms with Crippen LogP contribution in [0.4, 0.5) is 0 Å². The van der Waals surface area contributed by atoms with E-state index in [-0.39, 0.29) is 11.9 Å². The molecule has 2 rings (SSSR count). The molecule has 1 aliphatic rings. The summed E-state index contributed by atoms with van der Waals surface area (Å²) in [4.78, 5) is 14.2. The Morgan fingerprint density at radius 2 is 2.42 bits per heavy atom. The zero-order chi connectivity index (χ0) is 13.5. The lowest BCUT2D eigenvalue weighted by Gasteiger charge is -2.20. The van der Waals surface area contributed by atoms with Crippen molar-refractivity contribution in [3.05, 3.63) is 22.4 Å². The molecule has 0 radical (unpaired) electrons. The smallest absolute Gasteiger partial charge is 0.234 e. The number of amides is 1. The molecule has 1 saturated heterocycles. The third-order valence-corrected chi connectivity index (χ3v) is 4.06. The number of nitrogens with zero attached hydrogens (tertiary/aromatic N) is 1. The van der Waals surface area contributed by atoms with Gasteiger partial charge in [0.1, 0.15) is 0 Å². The number of nitrogens with one attached hydrogen (secondary N) is 2. The van der Waals surface area contributed by atoms with Crippen molar-refractivity contribution in [1.82, 2.24) is 15.5 Å². The van der Waals surface area contributed by atoms with Crippen molar-refractivity contribution in [3.8, 4) is 0 Å². The molecular formula is C14H23N3OS. The first-order valence-electron chi connectivity index (χ1n) is 6.97. The Labute approximate surface area is 119 Å². The molecule has 5 heteroatoms. The van der Waals surface area contributed by atoms with Gasteiger partial charge in [-0.2, -0.15) is 11.3 Å². The average molecular weight is 281 g/mol. The molecule has 1 atom stereocenters. The number of carbonyl (C=O) groups is 1. The van der Waals surface area contributed by atoms with Crippen molar-refractivity contribution in [2.45, 2.75) is 25.8 Å². The summed E-state index contributed by atoms with van der Waals surface area (Å²) in [6.07, 6.45) is 2.04. The first-order valence-corrected chi connectivity index (χ1v) is 7.92. The van der Waals surface area contributed by atoms with Gasteiger partial charge in [0.15, 0.2) is 0 Å². The van der Waals surface area contributed by atoms with Crippen LogP contribution in [0.5, 0.6) is 0 Å². The zero-order valence-electron chi connectivity index (χ0n) is 11.5. The highest BCUT2D eigenvalue weighted by atomic mass is 32.1. The third-order valence-electron chi connectivity index (χ3n) is 3.33. The summed E-state index contributed by atoms with van der Waals surface area (Å²) in [7, 11) is 0. The lowest BCUT2D eigenvalue weighted by atomic mass is 10.1. The van der Waals surface area contributed by atoms with Crippen molar-refractivity contribution in [1.29, 1.82) is 0 Å². The fourth-order valence-corrected chi connectivity index (χ4v) is 3.08. The van der Waals surface area contributed by atoms with Crippen LogP contribution in [0.15, 0.2) is 16.8 Å². The SMILES string of the molecule is CC(Cc1ccsc1)NC(=O)CN1CCCNCC1.